The van der Waals surface area contributed by atoms with Gasteiger partial charge in [-0.25, -0.2) is 8.42 Å². The maximum absolute atomic E-state index is 11.8. The van der Waals surface area contributed by atoms with Gasteiger partial charge in [-0.1, -0.05) is 13.8 Å². The van der Waals surface area contributed by atoms with E-state index in [4.69, 9.17) is 0 Å². The van der Waals surface area contributed by atoms with Crippen molar-refractivity contribution in [2.45, 2.75) is 27.7 Å². The van der Waals surface area contributed by atoms with Crippen molar-refractivity contribution in [1.29, 1.82) is 0 Å². The number of benzene rings is 1. The van der Waals surface area contributed by atoms with E-state index in [1.807, 2.05) is 13.8 Å². The average Bonchev–Trinajstić information content (AvgIpc) is 2.11. The lowest BCUT2D eigenvalue weighted by Gasteiger charge is -2.13. The van der Waals surface area contributed by atoms with Gasteiger partial charge >= 0.3 is 0 Å². The van der Waals surface area contributed by atoms with Crippen LogP contribution in [-0.2, 0) is 10.0 Å². The summed E-state index contributed by atoms with van der Waals surface area (Å²) in [6.07, 6.45) is 0. The summed E-state index contributed by atoms with van der Waals surface area (Å²) in [6, 6.07) is 3.20. The minimum Gasteiger partial charge on any atom is -0.508 e. The zero-order chi connectivity index (χ0) is 13.2. The average molecular weight is 257 g/mol. The third-order valence-electron chi connectivity index (χ3n) is 2.36. The summed E-state index contributed by atoms with van der Waals surface area (Å²) in [5.41, 5.74) is 1.89. The SMILES string of the molecule is Cc1cc(NS(=O)(=O)CC(C)C)c(C)cc1O. The molecule has 0 aliphatic heterocycles. The van der Waals surface area contributed by atoms with Gasteiger partial charge in [0.2, 0.25) is 10.0 Å². The van der Waals surface area contributed by atoms with Crippen molar-refractivity contribution < 1.29 is 13.5 Å². The highest BCUT2D eigenvalue weighted by molar-refractivity contribution is 7.92. The number of hydrogen-bond acceptors (Lipinski definition) is 3. The fourth-order valence-electron chi connectivity index (χ4n) is 1.56. The molecule has 0 spiro atoms. The summed E-state index contributed by atoms with van der Waals surface area (Å²) in [4.78, 5) is 0. The van der Waals surface area contributed by atoms with Crippen LogP contribution in [0.25, 0.3) is 0 Å². The van der Waals surface area contributed by atoms with E-state index in [1.165, 1.54) is 0 Å². The maximum Gasteiger partial charge on any atom is 0.232 e. The Hall–Kier alpha value is -1.23. The number of anilines is 1. The highest BCUT2D eigenvalue weighted by Crippen LogP contribution is 2.25. The lowest BCUT2D eigenvalue weighted by molar-refractivity contribution is 0.471. The van der Waals surface area contributed by atoms with Crippen LogP contribution < -0.4 is 4.72 Å². The summed E-state index contributed by atoms with van der Waals surface area (Å²) >= 11 is 0. The second kappa shape index (κ2) is 4.96. The molecule has 0 heterocycles. The van der Waals surface area contributed by atoms with Crippen molar-refractivity contribution in [3.63, 3.8) is 0 Å². The largest absolute Gasteiger partial charge is 0.508 e. The van der Waals surface area contributed by atoms with Crippen molar-refractivity contribution in [3.8, 4) is 5.75 Å². The third-order valence-corrected chi connectivity index (χ3v) is 4.00. The standard InChI is InChI=1S/C12H19NO3S/c1-8(2)7-17(15,16)13-11-5-10(4)12(14)6-9(11)3/h5-6,8,13-14H,7H2,1-4H3. The summed E-state index contributed by atoms with van der Waals surface area (Å²) < 4.78 is 26.1. The van der Waals surface area contributed by atoms with Crippen molar-refractivity contribution in [2.24, 2.45) is 5.92 Å². The van der Waals surface area contributed by atoms with E-state index in [0.29, 0.717) is 16.8 Å². The number of phenolic OH excluding ortho intramolecular Hbond substituents is 1. The Morgan fingerprint density at radius 3 is 2.35 bits per heavy atom. The molecule has 0 aliphatic rings. The molecule has 1 aromatic rings. The molecule has 0 saturated carbocycles. The monoisotopic (exact) mass is 257 g/mol. The van der Waals surface area contributed by atoms with Gasteiger partial charge < -0.3 is 5.11 Å². The number of rotatable bonds is 4. The molecule has 0 fully saturated rings. The Labute approximate surface area is 103 Å². The molecule has 0 amide bonds. The summed E-state index contributed by atoms with van der Waals surface area (Å²) in [7, 11) is -3.32. The van der Waals surface area contributed by atoms with Crippen LogP contribution in [0.4, 0.5) is 5.69 Å². The fourth-order valence-corrected chi connectivity index (χ4v) is 3.07. The lowest BCUT2D eigenvalue weighted by atomic mass is 10.1. The van der Waals surface area contributed by atoms with Gasteiger partial charge in [0.1, 0.15) is 5.75 Å². The molecule has 0 atom stereocenters. The molecular weight excluding hydrogens is 238 g/mol. The number of aromatic hydroxyl groups is 1. The lowest BCUT2D eigenvalue weighted by Crippen LogP contribution is -2.20. The van der Waals surface area contributed by atoms with Gasteiger partial charge in [-0.05, 0) is 43.0 Å². The van der Waals surface area contributed by atoms with Crippen LogP contribution in [0.5, 0.6) is 5.75 Å². The predicted molar refractivity (Wildman–Crippen MR) is 69.8 cm³/mol. The van der Waals surface area contributed by atoms with Gasteiger partial charge in [-0.3, -0.25) is 4.72 Å². The minimum atomic E-state index is -3.32. The van der Waals surface area contributed by atoms with Gasteiger partial charge in [-0.2, -0.15) is 0 Å². The van der Waals surface area contributed by atoms with Crippen molar-refractivity contribution in [2.75, 3.05) is 10.5 Å². The first-order valence-corrected chi connectivity index (χ1v) is 7.17. The fraction of sp³-hybridized carbons (Fsp3) is 0.500. The number of aryl methyl sites for hydroxylation is 2. The minimum absolute atomic E-state index is 0.0750. The van der Waals surface area contributed by atoms with Crippen LogP contribution in [0.2, 0.25) is 0 Å². The Morgan fingerprint density at radius 1 is 1.24 bits per heavy atom. The Kier molecular flexibility index (Phi) is 4.03. The van der Waals surface area contributed by atoms with E-state index >= 15 is 0 Å². The Bertz CT molecular complexity index is 507. The molecule has 1 rings (SSSR count). The molecule has 0 aromatic heterocycles. The second-order valence-corrected chi connectivity index (χ2v) is 6.50. The number of nitrogens with one attached hydrogen (secondary N) is 1. The van der Waals surface area contributed by atoms with Crippen LogP contribution in [0.15, 0.2) is 12.1 Å². The van der Waals surface area contributed by atoms with Crippen molar-refractivity contribution >= 4 is 15.7 Å². The zero-order valence-electron chi connectivity index (χ0n) is 10.6. The molecule has 0 aliphatic carbocycles. The van der Waals surface area contributed by atoms with Crippen molar-refractivity contribution in [1.82, 2.24) is 0 Å². The Balaban J connectivity index is 3.00. The summed E-state index contributed by atoms with van der Waals surface area (Å²) in [5.74, 6) is 0.340. The predicted octanol–water partition coefficient (Wildman–Crippen LogP) is 2.41. The van der Waals surface area contributed by atoms with E-state index < -0.39 is 10.0 Å². The van der Waals surface area contributed by atoms with E-state index in [2.05, 4.69) is 4.72 Å². The zero-order valence-corrected chi connectivity index (χ0v) is 11.4. The second-order valence-electron chi connectivity index (χ2n) is 4.73. The van der Waals surface area contributed by atoms with Crippen LogP contribution >= 0.6 is 0 Å². The molecule has 1 aromatic carbocycles. The highest BCUT2D eigenvalue weighted by atomic mass is 32.2. The first-order chi connectivity index (χ1) is 7.71. The normalized spacial score (nSPS) is 11.8. The van der Waals surface area contributed by atoms with Gasteiger partial charge in [-0.15, -0.1) is 0 Å². The molecule has 96 valence electrons. The third kappa shape index (κ3) is 3.93. The molecule has 0 unspecified atom stereocenters. The highest BCUT2D eigenvalue weighted by Gasteiger charge is 2.14. The van der Waals surface area contributed by atoms with Crippen LogP contribution in [0, 0.1) is 19.8 Å². The van der Waals surface area contributed by atoms with Crippen molar-refractivity contribution in [3.05, 3.63) is 23.3 Å². The molecule has 0 bridgehead atoms. The number of phenols is 1. The van der Waals surface area contributed by atoms with E-state index in [0.717, 1.165) is 0 Å². The van der Waals surface area contributed by atoms with Gasteiger partial charge in [0, 0.05) is 0 Å². The number of hydrogen-bond donors (Lipinski definition) is 2. The van der Waals surface area contributed by atoms with Gasteiger partial charge in [0.05, 0.1) is 11.4 Å². The molecule has 5 heteroatoms. The molecule has 0 radical (unpaired) electrons. The summed E-state index contributed by atoms with van der Waals surface area (Å²) in [5, 5.41) is 9.49. The van der Waals surface area contributed by atoms with Gasteiger partial charge in [0.15, 0.2) is 0 Å². The van der Waals surface area contributed by atoms with Crippen LogP contribution in [-0.4, -0.2) is 19.3 Å². The topological polar surface area (TPSA) is 66.4 Å². The summed E-state index contributed by atoms with van der Waals surface area (Å²) in [6.45, 7) is 7.20. The van der Waals surface area contributed by atoms with Gasteiger partial charge in [0.25, 0.3) is 0 Å². The first-order valence-electron chi connectivity index (χ1n) is 5.52. The van der Waals surface area contributed by atoms with Crippen LogP contribution in [0.1, 0.15) is 25.0 Å². The quantitative estimate of drug-likeness (QED) is 0.814. The van der Waals surface area contributed by atoms with E-state index in [-0.39, 0.29) is 17.4 Å². The number of sulfonamides is 1. The molecule has 4 nitrogen and oxygen atoms in total. The first kappa shape index (κ1) is 13.8. The Morgan fingerprint density at radius 2 is 1.82 bits per heavy atom. The van der Waals surface area contributed by atoms with E-state index in [1.54, 1.807) is 26.0 Å². The van der Waals surface area contributed by atoms with E-state index in [9.17, 15) is 13.5 Å². The molecule has 2 N–H and O–H groups in total. The molecular formula is C12H19NO3S. The molecule has 17 heavy (non-hydrogen) atoms. The maximum atomic E-state index is 11.8. The smallest absolute Gasteiger partial charge is 0.232 e. The molecule has 0 saturated heterocycles. The van der Waals surface area contributed by atoms with Crippen LogP contribution in [0.3, 0.4) is 0 Å².